The molecule has 0 aliphatic rings. The lowest BCUT2D eigenvalue weighted by Gasteiger charge is -1.85. The van der Waals surface area contributed by atoms with Crippen LogP contribution in [-0.2, 0) is 6.61 Å². The van der Waals surface area contributed by atoms with Crippen LogP contribution in [0.5, 0.6) is 5.06 Å². The van der Waals surface area contributed by atoms with Gasteiger partial charge in [-0.3, -0.25) is 0 Å². The summed E-state index contributed by atoms with van der Waals surface area (Å²) in [6, 6.07) is 1.70. The Morgan fingerprint density at radius 2 is 2.27 bits per heavy atom. The van der Waals surface area contributed by atoms with Crippen LogP contribution in [0.1, 0.15) is 5.56 Å². The average Bonchev–Trinajstić information content (AvgIpc) is 2.45. The van der Waals surface area contributed by atoms with Gasteiger partial charge in [-0.1, -0.05) is 11.3 Å². The Labute approximate surface area is 71.3 Å². The summed E-state index contributed by atoms with van der Waals surface area (Å²) in [4.78, 5) is 0. The van der Waals surface area contributed by atoms with Crippen molar-refractivity contribution in [3.63, 3.8) is 0 Å². The molecule has 11 heavy (non-hydrogen) atoms. The van der Waals surface area contributed by atoms with E-state index in [1.54, 1.807) is 17.4 Å². The lowest BCUT2D eigenvalue weighted by Crippen LogP contribution is -1.74. The van der Waals surface area contributed by atoms with E-state index in [2.05, 4.69) is 0 Å². The molecule has 0 aliphatic carbocycles. The molecule has 0 aliphatic heterocycles. The molecule has 58 valence electrons. The van der Waals surface area contributed by atoms with Crippen LogP contribution in [0.3, 0.4) is 0 Å². The minimum Gasteiger partial charge on any atom is -0.499 e. The van der Waals surface area contributed by atoms with Gasteiger partial charge < -0.3 is 10.2 Å². The Hall–Kier alpha value is -0.580. The minimum atomic E-state index is 0.0518. The fourth-order valence-corrected chi connectivity index (χ4v) is 3.01. The molecule has 0 amide bonds. The van der Waals surface area contributed by atoms with Gasteiger partial charge in [0.1, 0.15) is 0 Å². The molecule has 2 aromatic heterocycles. The van der Waals surface area contributed by atoms with E-state index in [1.165, 1.54) is 11.3 Å². The van der Waals surface area contributed by atoms with E-state index in [0.29, 0.717) is 5.06 Å². The van der Waals surface area contributed by atoms with Crippen molar-refractivity contribution < 1.29 is 10.2 Å². The highest BCUT2D eigenvalue weighted by Crippen LogP contribution is 2.37. The second-order valence-corrected chi connectivity index (χ2v) is 4.37. The van der Waals surface area contributed by atoms with Crippen LogP contribution in [0.15, 0.2) is 11.4 Å². The zero-order chi connectivity index (χ0) is 7.84. The van der Waals surface area contributed by atoms with E-state index >= 15 is 0 Å². The lowest BCUT2D eigenvalue weighted by atomic mass is 10.3. The fraction of sp³-hybridized carbons (Fsp3) is 0.143. The van der Waals surface area contributed by atoms with Crippen LogP contribution in [0.25, 0.3) is 9.40 Å². The normalized spacial score (nSPS) is 11.0. The van der Waals surface area contributed by atoms with Gasteiger partial charge >= 0.3 is 0 Å². The van der Waals surface area contributed by atoms with E-state index in [9.17, 15) is 0 Å². The molecule has 2 aromatic rings. The first-order chi connectivity index (χ1) is 5.31. The SMILES string of the molecule is OCc1csc2sc(O)cc12. The topological polar surface area (TPSA) is 40.5 Å². The summed E-state index contributed by atoms with van der Waals surface area (Å²) in [5, 5.41) is 21.2. The molecule has 0 fully saturated rings. The number of fused-ring (bicyclic) bond motifs is 1. The maximum Gasteiger partial charge on any atom is 0.173 e. The zero-order valence-corrected chi connectivity index (χ0v) is 7.21. The molecule has 0 saturated carbocycles. The van der Waals surface area contributed by atoms with Gasteiger partial charge in [-0.25, -0.2) is 0 Å². The summed E-state index contributed by atoms with van der Waals surface area (Å²) < 4.78 is 1.08. The second kappa shape index (κ2) is 2.48. The highest BCUT2D eigenvalue weighted by Gasteiger charge is 2.06. The van der Waals surface area contributed by atoms with Gasteiger partial charge in [0.25, 0.3) is 0 Å². The van der Waals surface area contributed by atoms with E-state index in [0.717, 1.165) is 15.0 Å². The molecule has 4 heteroatoms. The van der Waals surface area contributed by atoms with Crippen LogP contribution >= 0.6 is 22.7 Å². The van der Waals surface area contributed by atoms with Gasteiger partial charge in [0.05, 0.1) is 10.6 Å². The van der Waals surface area contributed by atoms with Crippen LogP contribution < -0.4 is 0 Å². The highest BCUT2D eigenvalue weighted by atomic mass is 32.2. The molecule has 0 aromatic carbocycles. The first-order valence-corrected chi connectivity index (χ1v) is 4.80. The van der Waals surface area contributed by atoms with Crippen LogP contribution in [0.2, 0.25) is 0 Å². The molecule has 0 unspecified atom stereocenters. The van der Waals surface area contributed by atoms with Crippen LogP contribution in [-0.4, -0.2) is 10.2 Å². The third-order valence-corrected chi connectivity index (χ3v) is 3.62. The number of rotatable bonds is 1. The largest absolute Gasteiger partial charge is 0.499 e. The summed E-state index contributed by atoms with van der Waals surface area (Å²) in [6.45, 7) is 0.0518. The Balaban J connectivity index is 2.73. The number of aromatic hydroxyl groups is 1. The quantitative estimate of drug-likeness (QED) is 0.716. The van der Waals surface area contributed by atoms with Crippen molar-refractivity contribution in [2.75, 3.05) is 0 Å². The highest BCUT2D eigenvalue weighted by molar-refractivity contribution is 7.38. The number of hydrogen-bond acceptors (Lipinski definition) is 4. The van der Waals surface area contributed by atoms with Crippen molar-refractivity contribution in [1.82, 2.24) is 0 Å². The number of thiophene rings is 2. The summed E-state index contributed by atoms with van der Waals surface area (Å²) in [5.74, 6) is 0. The summed E-state index contributed by atoms with van der Waals surface area (Å²) in [7, 11) is 0. The van der Waals surface area contributed by atoms with Gasteiger partial charge in [0, 0.05) is 11.5 Å². The molecule has 0 atom stereocenters. The summed E-state index contributed by atoms with van der Waals surface area (Å²) >= 11 is 2.91. The predicted molar refractivity (Wildman–Crippen MR) is 47.3 cm³/mol. The Morgan fingerprint density at radius 1 is 1.45 bits per heavy atom. The third kappa shape index (κ3) is 1.03. The third-order valence-electron chi connectivity index (χ3n) is 1.51. The van der Waals surface area contributed by atoms with Crippen LogP contribution in [0, 0.1) is 0 Å². The predicted octanol–water partition coefficient (Wildman–Crippen LogP) is 2.16. The number of hydrogen-bond donors (Lipinski definition) is 2. The smallest absolute Gasteiger partial charge is 0.173 e. The van der Waals surface area contributed by atoms with Crippen molar-refractivity contribution in [3.05, 3.63) is 17.0 Å². The molecule has 0 saturated heterocycles. The molecular weight excluding hydrogens is 180 g/mol. The van der Waals surface area contributed by atoms with Crippen molar-refractivity contribution >= 4 is 32.1 Å². The monoisotopic (exact) mass is 186 g/mol. The van der Waals surface area contributed by atoms with Crippen molar-refractivity contribution in [2.24, 2.45) is 0 Å². The molecule has 2 nitrogen and oxygen atoms in total. The van der Waals surface area contributed by atoms with Gasteiger partial charge in [0.15, 0.2) is 5.06 Å². The molecule has 0 radical (unpaired) electrons. The van der Waals surface area contributed by atoms with Gasteiger partial charge in [-0.15, -0.1) is 11.3 Å². The van der Waals surface area contributed by atoms with E-state index in [1.807, 2.05) is 5.38 Å². The molecule has 0 bridgehead atoms. The summed E-state index contributed by atoms with van der Waals surface area (Å²) in [6.07, 6.45) is 0. The Kier molecular flexibility index (Phi) is 1.60. The Morgan fingerprint density at radius 3 is 3.00 bits per heavy atom. The second-order valence-electron chi connectivity index (χ2n) is 2.20. The number of aliphatic hydroxyl groups excluding tert-OH is 1. The summed E-state index contributed by atoms with van der Waals surface area (Å²) in [5.41, 5.74) is 0.904. The van der Waals surface area contributed by atoms with E-state index < -0.39 is 0 Å². The standard InChI is InChI=1S/C7H6O2S2/c8-2-4-3-10-7-5(4)1-6(9)11-7/h1,3,8-9H,2H2. The van der Waals surface area contributed by atoms with Gasteiger partial charge in [0.2, 0.25) is 0 Å². The first kappa shape index (κ1) is 7.09. The van der Waals surface area contributed by atoms with Gasteiger partial charge in [-0.05, 0) is 10.9 Å². The maximum absolute atomic E-state index is 9.11. The van der Waals surface area contributed by atoms with E-state index in [-0.39, 0.29) is 6.61 Å². The minimum absolute atomic E-state index is 0.0518. The van der Waals surface area contributed by atoms with Crippen molar-refractivity contribution in [3.8, 4) is 5.06 Å². The molecular formula is C7H6O2S2. The van der Waals surface area contributed by atoms with Crippen molar-refractivity contribution in [1.29, 1.82) is 0 Å². The van der Waals surface area contributed by atoms with E-state index in [4.69, 9.17) is 10.2 Å². The first-order valence-electron chi connectivity index (χ1n) is 3.11. The molecule has 2 heterocycles. The molecule has 2 N–H and O–H groups in total. The average molecular weight is 186 g/mol. The van der Waals surface area contributed by atoms with Gasteiger partial charge in [-0.2, -0.15) is 0 Å². The molecule has 2 rings (SSSR count). The van der Waals surface area contributed by atoms with Crippen LogP contribution in [0.4, 0.5) is 0 Å². The fourth-order valence-electron chi connectivity index (χ4n) is 0.984. The van der Waals surface area contributed by atoms with Crippen molar-refractivity contribution in [2.45, 2.75) is 6.61 Å². The molecule has 0 spiro atoms. The number of aliphatic hydroxyl groups is 1. The maximum atomic E-state index is 9.11. The zero-order valence-electron chi connectivity index (χ0n) is 5.57. The lowest BCUT2D eigenvalue weighted by molar-refractivity contribution is 0.284. The Bertz CT molecular complexity index is 375.